The molecule has 0 spiro atoms. The number of fused-ring (bicyclic) bond motifs is 2. The average molecular weight is 351 g/mol. The van der Waals surface area contributed by atoms with Crippen molar-refractivity contribution >= 4 is 29.0 Å². The van der Waals surface area contributed by atoms with Crippen LogP contribution in [-0.2, 0) is 11.3 Å². The first-order valence-corrected chi connectivity index (χ1v) is 8.69. The first-order chi connectivity index (χ1) is 12.3. The van der Waals surface area contributed by atoms with Gasteiger partial charge < -0.3 is 10.1 Å². The third kappa shape index (κ3) is 3.29. The van der Waals surface area contributed by atoms with Gasteiger partial charge in [0.25, 0.3) is 0 Å². The Morgan fingerprint density at radius 3 is 2.92 bits per heavy atom. The maximum Gasteiger partial charge on any atom is 0.168 e. The zero-order chi connectivity index (χ0) is 17.1. The van der Waals surface area contributed by atoms with Crippen LogP contribution in [0.1, 0.15) is 5.56 Å². The van der Waals surface area contributed by atoms with E-state index in [9.17, 15) is 0 Å². The molecular weight excluding hydrogens is 334 g/mol. The maximum absolute atomic E-state index is 5.39. The van der Waals surface area contributed by atoms with Gasteiger partial charge in [-0.2, -0.15) is 0 Å². The van der Waals surface area contributed by atoms with E-state index in [1.807, 2.05) is 18.3 Å². The molecule has 0 saturated carbocycles. The lowest BCUT2D eigenvalue weighted by molar-refractivity contribution is 0.204. The van der Waals surface area contributed by atoms with Gasteiger partial charge in [-0.1, -0.05) is 17.8 Å². The van der Waals surface area contributed by atoms with Gasteiger partial charge in [-0.15, -0.1) is 0 Å². The van der Waals surface area contributed by atoms with Crippen molar-refractivity contribution in [1.82, 2.24) is 15.0 Å². The monoisotopic (exact) mass is 351 g/mol. The van der Waals surface area contributed by atoms with Crippen molar-refractivity contribution in [3.8, 4) is 0 Å². The van der Waals surface area contributed by atoms with Crippen molar-refractivity contribution in [2.75, 3.05) is 24.1 Å². The van der Waals surface area contributed by atoms with Crippen molar-refractivity contribution in [2.24, 2.45) is 0 Å². The van der Waals surface area contributed by atoms with E-state index in [1.54, 1.807) is 37.5 Å². The van der Waals surface area contributed by atoms with E-state index < -0.39 is 0 Å². The zero-order valence-electron chi connectivity index (χ0n) is 13.7. The molecule has 0 bridgehead atoms. The second kappa shape index (κ2) is 7.08. The van der Waals surface area contributed by atoms with Gasteiger partial charge in [0, 0.05) is 43.3 Å². The molecule has 0 radical (unpaired) electrons. The highest BCUT2D eigenvalue weighted by atomic mass is 32.2. The average Bonchev–Trinajstić information content (AvgIpc) is 2.67. The van der Waals surface area contributed by atoms with Crippen molar-refractivity contribution in [1.29, 1.82) is 0 Å². The summed E-state index contributed by atoms with van der Waals surface area (Å²) in [6, 6.07) is 10.3. The minimum Gasteiger partial charge on any atom is -0.380 e. The molecule has 3 heterocycles. The van der Waals surface area contributed by atoms with Crippen molar-refractivity contribution in [3.63, 3.8) is 0 Å². The molecule has 3 aromatic rings. The first kappa shape index (κ1) is 15.9. The summed E-state index contributed by atoms with van der Waals surface area (Å²) in [5.74, 6) is 0.833. The molecule has 1 N–H and O–H groups in total. The van der Waals surface area contributed by atoms with E-state index >= 15 is 0 Å². The molecule has 0 unspecified atom stereocenters. The summed E-state index contributed by atoms with van der Waals surface area (Å²) in [5, 5.41) is 4.28. The highest BCUT2D eigenvalue weighted by Gasteiger charge is 2.25. The lowest BCUT2D eigenvalue weighted by atomic mass is 10.1. The Bertz CT molecular complexity index is 874. The third-order valence-electron chi connectivity index (χ3n) is 3.84. The predicted molar refractivity (Wildman–Crippen MR) is 98.2 cm³/mol. The number of nitrogens with one attached hydrogen (secondary N) is 1. The van der Waals surface area contributed by atoms with Crippen LogP contribution in [0.15, 0.2) is 65.0 Å². The number of ether oxygens (including phenoxy) is 1. The molecule has 7 heteroatoms. The summed E-state index contributed by atoms with van der Waals surface area (Å²) in [6.07, 6.45) is 7.01. The lowest BCUT2D eigenvalue weighted by Crippen LogP contribution is -2.24. The molecule has 126 valence electrons. The molecule has 4 rings (SSSR count). The van der Waals surface area contributed by atoms with Crippen LogP contribution in [0, 0.1) is 0 Å². The quantitative estimate of drug-likeness (QED) is 0.752. The molecular formula is C18H17N5OS. The predicted octanol–water partition coefficient (Wildman–Crippen LogP) is 3.69. The molecule has 0 aliphatic carbocycles. The number of hydrogen-bond acceptors (Lipinski definition) is 7. The van der Waals surface area contributed by atoms with Crippen molar-refractivity contribution in [2.45, 2.75) is 16.5 Å². The number of rotatable bonds is 5. The van der Waals surface area contributed by atoms with Crippen LogP contribution in [0.5, 0.6) is 0 Å². The molecule has 0 atom stereocenters. The molecule has 1 aromatic carbocycles. The van der Waals surface area contributed by atoms with Gasteiger partial charge in [0.1, 0.15) is 11.8 Å². The Balaban J connectivity index is 1.62. The van der Waals surface area contributed by atoms with Crippen LogP contribution < -0.4 is 10.2 Å². The fourth-order valence-electron chi connectivity index (χ4n) is 2.69. The fourth-order valence-corrected chi connectivity index (χ4v) is 3.68. The SMILES string of the molecule is COCN1c2cc(CNc3cccnc3)ccc2Sc2nccnc21. The van der Waals surface area contributed by atoms with Crippen molar-refractivity contribution < 1.29 is 4.74 Å². The van der Waals surface area contributed by atoms with Crippen LogP contribution in [0.4, 0.5) is 17.2 Å². The first-order valence-electron chi connectivity index (χ1n) is 7.87. The number of methoxy groups -OCH3 is 1. The Kier molecular flexibility index (Phi) is 4.49. The summed E-state index contributed by atoms with van der Waals surface area (Å²) in [4.78, 5) is 16.2. The molecule has 6 nitrogen and oxygen atoms in total. The normalized spacial score (nSPS) is 12.4. The van der Waals surface area contributed by atoms with Crippen LogP contribution in [0.25, 0.3) is 0 Å². The molecule has 0 saturated heterocycles. The Morgan fingerprint density at radius 1 is 1.16 bits per heavy atom. The summed E-state index contributed by atoms with van der Waals surface area (Å²) < 4.78 is 5.39. The number of pyridine rings is 1. The van der Waals surface area contributed by atoms with Crippen LogP contribution in [-0.4, -0.2) is 28.8 Å². The molecule has 1 aliphatic rings. The summed E-state index contributed by atoms with van der Waals surface area (Å²) in [6.45, 7) is 1.15. The molecule has 25 heavy (non-hydrogen) atoms. The third-order valence-corrected chi connectivity index (χ3v) is 4.89. The van der Waals surface area contributed by atoms with E-state index in [0.717, 1.165) is 33.7 Å². The van der Waals surface area contributed by atoms with E-state index in [1.165, 1.54) is 5.56 Å². The van der Waals surface area contributed by atoms with E-state index in [2.05, 4.69) is 43.4 Å². The topological polar surface area (TPSA) is 63.2 Å². The highest BCUT2D eigenvalue weighted by Crippen LogP contribution is 2.46. The number of nitrogens with zero attached hydrogens (tertiary/aromatic N) is 4. The van der Waals surface area contributed by atoms with Crippen molar-refractivity contribution in [3.05, 3.63) is 60.7 Å². The van der Waals surface area contributed by atoms with Gasteiger partial charge in [-0.05, 0) is 29.8 Å². The van der Waals surface area contributed by atoms with Crippen LogP contribution >= 0.6 is 11.8 Å². The van der Waals surface area contributed by atoms with Gasteiger partial charge in [0.15, 0.2) is 5.82 Å². The number of anilines is 3. The standard InChI is InChI=1S/C18H17N5OS/c1-24-12-23-15-9-13(10-22-14-3-2-6-19-11-14)4-5-16(15)25-18-17(23)20-7-8-21-18/h2-9,11,22H,10,12H2,1H3. The van der Waals surface area contributed by atoms with Gasteiger partial charge in [0.05, 0.1) is 11.4 Å². The molecule has 1 aliphatic heterocycles. The maximum atomic E-state index is 5.39. The molecule has 2 aromatic heterocycles. The smallest absolute Gasteiger partial charge is 0.168 e. The zero-order valence-corrected chi connectivity index (χ0v) is 14.5. The van der Waals surface area contributed by atoms with Gasteiger partial charge in [-0.3, -0.25) is 9.88 Å². The summed E-state index contributed by atoms with van der Waals surface area (Å²) in [5.41, 5.74) is 3.27. The largest absolute Gasteiger partial charge is 0.380 e. The Labute approximate surface area is 150 Å². The summed E-state index contributed by atoms with van der Waals surface area (Å²) in [7, 11) is 1.69. The number of benzene rings is 1. The van der Waals surface area contributed by atoms with Crippen LogP contribution in [0.3, 0.4) is 0 Å². The van der Waals surface area contributed by atoms with Gasteiger partial charge >= 0.3 is 0 Å². The lowest BCUT2D eigenvalue weighted by Gasteiger charge is -2.30. The molecule has 0 fully saturated rings. The fraction of sp³-hybridized carbons (Fsp3) is 0.167. The number of hydrogen-bond donors (Lipinski definition) is 1. The van der Waals surface area contributed by atoms with E-state index in [0.29, 0.717) is 6.73 Å². The van der Waals surface area contributed by atoms with E-state index in [4.69, 9.17) is 4.74 Å². The Morgan fingerprint density at radius 2 is 2.08 bits per heavy atom. The van der Waals surface area contributed by atoms with Gasteiger partial charge in [0.2, 0.25) is 0 Å². The minimum absolute atomic E-state index is 0.429. The highest BCUT2D eigenvalue weighted by molar-refractivity contribution is 7.99. The summed E-state index contributed by atoms with van der Waals surface area (Å²) >= 11 is 1.63. The number of aromatic nitrogens is 3. The minimum atomic E-state index is 0.429. The second-order valence-electron chi connectivity index (χ2n) is 5.53. The second-order valence-corrected chi connectivity index (χ2v) is 6.56. The van der Waals surface area contributed by atoms with Gasteiger partial charge in [-0.25, -0.2) is 9.97 Å². The Hall–Kier alpha value is -2.64. The molecule has 0 amide bonds. The van der Waals surface area contributed by atoms with Crippen LogP contribution in [0.2, 0.25) is 0 Å². The van der Waals surface area contributed by atoms with E-state index in [-0.39, 0.29) is 0 Å².